The minimum Gasteiger partial charge on any atom is -0.393 e. The van der Waals surface area contributed by atoms with Crippen molar-refractivity contribution in [3.8, 4) is 0 Å². The maximum absolute atomic E-state index is 9.47. The van der Waals surface area contributed by atoms with Gasteiger partial charge >= 0.3 is 0 Å². The van der Waals surface area contributed by atoms with Gasteiger partial charge in [0.25, 0.3) is 0 Å². The topological polar surface area (TPSA) is 46.2 Å². The minimum atomic E-state index is -0.0423. The minimum absolute atomic E-state index is 0.0423. The lowest BCUT2D eigenvalue weighted by Gasteiger charge is -2.16. The second kappa shape index (κ2) is 5.55. The van der Waals surface area contributed by atoms with Gasteiger partial charge in [0.05, 0.1) is 6.10 Å². The lowest BCUT2D eigenvalue weighted by Crippen LogP contribution is -2.20. The van der Waals surface area contributed by atoms with Gasteiger partial charge in [-0.05, 0) is 25.7 Å². The molecule has 0 saturated heterocycles. The first kappa shape index (κ1) is 10.0. The summed E-state index contributed by atoms with van der Waals surface area (Å²) in [4.78, 5) is 0. The van der Waals surface area contributed by atoms with E-state index in [1.807, 2.05) is 0 Å². The van der Waals surface area contributed by atoms with E-state index in [0.29, 0.717) is 6.04 Å². The second-order valence-electron chi connectivity index (χ2n) is 3.98. The lowest BCUT2D eigenvalue weighted by molar-refractivity contribution is 0.144. The zero-order valence-electron chi connectivity index (χ0n) is 7.84. The third-order valence-corrected chi connectivity index (χ3v) is 2.72. The van der Waals surface area contributed by atoms with Crippen LogP contribution in [-0.4, -0.2) is 17.3 Å². The molecule has 0 radical (unpaired) electrons. The molecule has 0 unspecified atom stereocenters. The molecule has 1 aliphatic rings. The molecule has 1 rings (SSSR count). The Morgan fingerprint density at radius 2 is 1.25 bits per heavy atom. The molecule has 0 bridgehead atoms. The molecular formula is C10H21NO. The van der Waals surface area contributed by atoms with Crippen LogP contribution in [0.5, 0.6) is 0 Å². The second-order valence-corrected chi connectivity index (χ2v) is 3.98. The van der Waals surface area contributed by atoms with E-state index in [1.54, 1.807) is 0 Å². The van der Waals surface area contributed by atoms with Gasteiger partial charge in [0.2, 0.25) is 0 Å². The Balaban J connectivity index is 2.20. The molecule has 2 heteroatoms. The van der Waals surface area contributed by atoms with Gasteiger partial charge in [-0.2, -0.15) is 0 Å². The van der Waals surface area contributed by atoms with E-state index in [-0.39, 0.29) is 6.10 Å². The summed E-state index contributed by atoms with van der Waals surface area (Å²) in [6.07, 6.45) is 8.89. The molecule has 0 aromatic heterocycles. The van der Waals surface area contributed by atoms with Crippen molar-refractivity contribution in [2.75, 3.05) is 0 Å². The quantitative estimate of drug-likeness (QED) is 0.584. The Morgan fingerprint density at radius 3 is 1.75 bits per heavy atom. The van der Waals surface area contributed by atoms with Crippen molar-refractivity contribution in [3.05, 3.63) is 0 Å². The summed E-state index contributed by atoms with van der Waals surface area (Å²) in [5.74, 6) is 0. The largest absolute Gasteiger partial charge is 0.393 e. The van der Waals surface area contributed by atoms with Crippen LogP contribution in [0.2, 0.25) is 0 Å². The van der Waals surface area contributed by atoms with Crippen molar-refractivity contribution < 1.29 is 5.11 Å². The Kier molecular flexibility index (Phi) is 4.62. The third-order valence-electron chi connectivity index (χ3n) is 2.72. The smallest absolute Gasteiger partial charge is 0.0540 e. The molecule has 3 N–H and O–H groups in total. The number of aliphatic hydroxyl groups is 1. The van der Waals surface area contributed by atoms with Crippen molar-refractivity contribution in [2.24, 2.45) is 5.73 Å². The highest BCUT2D eigenvalue weighted by atomic mass is 16.3. The highest BCUT2D eigenvalue weighted by Crippen LogP contribution is 2.16. The van der Waals surface area contributed by atoms with Gasteiger partial charge in [-0.1, -0.05) is 25.7 Å². The van der Waals surface area contributed by atoms with Crippen LogP contribution in [0.1, 0.15) is 51.4 Å². The van der Waals surface area contributed by atoms with Crippen LogP contribution in [0.4, 0.5) is 0 Å². The molecular weight excluding hydrogens is 150 g/mol. The maximum Gasteiger partial charge on any atom is 0.0540 e. The molecule has 0 amide bonds. The summed E-state index contributed by atoms with van der Waals surface area (Å²) >= 11 is 0. The van der Waals surface area contributed by atoms with E-state index < -0.39 is 0 Å². The van der Waals surface area contributed by atoms with Crippen LogP contribution in [0.3, 0.4) is 0 Å². The molecule has 1 aliphatic carbocycles. The lowest BCUT2D eigenvalue weighted by atomic mass is 9.97. The SMILES string of the molecule is NC1CCCCC(O)CCCC1. The predicted octanol–water partition coefficient (Wildman–Crippen LogP) is 1.81. The van der Waals surface area contributed by atoms with Crippen LogP contribution in [-0.2, 0) is 0 Å². The van der Waals surface area contributed by atoms with E-state index in [9.17, 15) is 5.11 Å². The average Bonchev–Trinajstić information content (AvgIpc) is 2.06. The zero-order chi connectivity index (χ0) is 8.81. The first-order chi connectivity index (χ1) is 5.79. The zero-order valence-corrected chi connectivity index (χ0v) is 7.84. The van der Waals surface area contributed by atoms with Crippen molar-refractivity contribution >= 4 is 0 Å². The fourth-order valence-electron chi connectivity index (χ4n) is 1.86. The van der Waals surface area contributed by atoms with Crippen LogP contribution in [0.15, 0.2) is 0 Å². The summed E-state index contributed by atoms with van der Waals surface area (Å²) in [7, 11) is 0. The van der Waals surface area contributed by atoms with Gasteiger partial charge in [0.1, 0.15) is 0 Å². The number of rotatable bonds is 0. The van der Waals surface area contributed by atoms with Crippen LogP contribution in [0, 0.1) is 0 Å². The number of hydrogen-bond acceptors (Lipinski definition) is 2. The summed E-state index contributed by atoms with van der Waals surface area (Å²) in [6.45, 7) is 0. The molecule has 72 valence electrons. The molecule has 0 aromatic carbocycles. The summed E-state index contributed by atoms with van der Waals surface area (Å²) in [5.41, 5.74) is 5.90. The fourth-order valence-corrected chi connectivity index (χ4v) is 1.86. The fraction of sp³-hybridized carbons (Fsp3) is 1.00. The molecule has 0 atom stereocenters. The van der Waals surface area contributed by atoms with Crippen molar-refractivity contribution in [1.29, 1.82) is 0 Å². The van der Waals surface area contributed by atoms with Gasteiger partial charge in [-0.15, -0.1) is 0 Å². The van der Waals surface area contributed by atoms with Gasteiger partial charge in [0.15, 0.2) is 0 Å². The average molecular weight is 171 g/mol. The Morgan fingerprint density at radius 1 is 0.833 bits per heavy atom. The van der Waals surface area contributed by atoms with Crippen molar-refractivity contribution in [3.63, 3.8) is 0 Å². The molecule has 1 saturated carbocycles. The summed E-state index contributed by atoms with van der Waals surface area (Å²) in [6, 6.07) is 0.417. The first-order valence-corrected chi connectivity index (χ1v) is 5.22. The highest BCUT2D eigenvalue weighted by molar-refractivity contribution is 4.66. The van der Waals surface area contributed by atoms with E-state index in [2.05, 4.69) is 0 Å². The Bertz CT molecular complexity index is 90.4. The maximum atomic E-state index is 9.47. The first-order valence-electron chi connectivity index (χ1n) is 5.22. The monoisotopic (exact) mass is 171 g/mol. The molecule has 2 nitrogen and oxygen atoms in total. The predicted molar refractivity (Wildman–Crippen MR) is 50.9 cm³/mol. The molecule has 12 heavy (non-hydrogen) atoms. The van der Waals surface area contributed by atoms with Crippen molar-refractivity contribution in [2.45, 2.75) is 63.5 Å². The van der Waals surface area contributed by atoms with Gasteiger partial charge in [-0.3, -0.25) is 0 Å². The van der Waals surface area contributed by atoms with Crippen LogP contribution < -0.4 is 5.73 Å². The normalized spacial score (nSPS) is 34.5. The van der Waals surface area contributed by atoms with Gasteiger partial charge < -0.3 is 10.8 Å². The van der Waals surface area contributed by atoms with E-state index >= 15 is 0 Å². The standard InChI is InChI=1S/C10H21NO/c11-9-5-1-3-7-10(12)8-4-2-6-9/h9-10,12H,1-8,11H2. The van der Waals surface area contributed by atoms with Crippen LogP contribution in [0.25, 0.3) is 0 Å². The summed E-state index contributed by atoms with van der Waals surface area (Å²) in [5, 5.41) is 9.47. The Labute approximate surface area is 75.2 Å². The van der Waals surface area contributed by atoms with Crippen LogP contribution >= 0.6 is 0 Å². The van der Waals surface area contributed by atoms with E-state index in [1.165, 1.54) is 12.8 Å². The highest BCUT2D eigenvalue weighted by Gasteiger charge is 2.08. The molecule has 0 aromatic rings. The third kappa shape index (κ3) is 4.07. The number of hydrogen-bond donors (Lipinski definition) is 2. The van der Waals surface area contributed by atoms with Gasteiger partial charge in [0, 0.05) is 6.04 Å². The summed E-state index contributed by atoms with van der Waals surface area (Å²) < 4.78 is 0. The van der Waals surface area contributed by atoms with Crippen molar-refractivity contribution in [1.82, 2.24) is 0 Å². The Hall–Kier alpha value is -0.0800. The number of aliphatic hydroxyl groups excluding tert-OH is 1. The van der Waals surface area contributed by atoms with E-state index in [0.717, 1.165) is 38.5 Å². The van der Waals surface area contributed by atoms with Gasteiger partial charge in [-0.25, -0.2) is 0 Å². The molecule has 0 heterocycles. The molecule has 0 aliphatic heterocycles. The number of nitrogens with two attached hydrogens (primary N) is 1. The molecule has 0 spiro atoms. The van der Waals surface area contributed by atoms with E-state index in [4.69, 9.17) is 5.73 Å². The molecule has 1 fully saturated rings.